The van der Waals surface area contributed by atoms with Gasteiger partial charge < -0.3 is 10.6 Å². The molecule has 1 spiro atoms. The van der Waals surface area contributed by atoms with Gasteiger partial charge in [-0.3, -0.25) is 0 Å². The Morgan fingerprint density at radius 3 is 2.52 bits per heavy atom. The molecule has 2 aliphatic carbocycles. The van der Waals surface area contributed by atoms with Crippen LogP contribution in [0.1, 0.15) is 63.1 Å². The molecule has 156 valence electrons. The molecule has 5 rings (SSSR count). The predicted octanol–water partition coefficient (Wildman–Crippen LogP) is 5.24. The Balaban J connectivity index is 0.00000205. The molecule has 2 aromatic rings. The molecule has 1 aromatic carbocycles. The van der Waals surface area contributed by atoms with E-state index in [1.165, 1.54) is 42.6 Å². The van der Waals surface area contributed by atoms with Crippen LogP contribution in [0.25, 0.3) is 0 Å². The fourth-order valence-electron chi connectivity index (χ4n) is 5.41. The average molecular weight is 411 g/mol. The molecule has 2 heterocycles. The van der Waals surface area contributed by atoms with Gasteiger partial charge in [-0.15, -0.1) is 11.8 Å². The highest BCUT2D eigenvalue weighted by Crippen LogP contribution is 2.50. The molecule has 0 unspecified atom stereocenters. The average Bonchev–Trinajstić information content (AvgIpc) is 3.35. The summed E-state index contributed by atoms with van der Waals surface area (Å²) in [4.78, 5) is 11.8. The number of thioether (sulfide) groups is 1. The van der Waals surface area contributed by atoms with Gasteiger partial charge in [0.25, 0.3) is 0 Å². The number of benzene rings is 1. The van der Waals surface area contributed by atoms with Gasteiger partial charge >= 0.3 is 0 Å². The first-order valence-corrected chi connectivity index (χ1v) is 11.8. The molecule has 0 amide bonds. The molecule has 1 aromatic heterocycles. The summed E-state index contributed by atoms with van der Waals surface area (Å²) in [5.41, 5.74) is 9.73. The molecule has 2 N–H and O–H groups in total. The molecule has 2 fully saturated rings. The molecular weight excluding hydrogens is 376 g/mol. The van der Waals surface area contributed by atoms with Crippen LogP contribution in [0.15, 0.2) is 41.7 Å². The summed E-state index contributed by atoms with van der Waals surface area (Å²) in [5, 5.41) is 1.07. The summed E-state index contributed by atoms with van der Waals surface area (Å²) in [6.45, 7) is 2.04. The Hall–Kier alpha value is -1.59. The molecule has 5 heteroatoms. The van der Waals surface area contributed by atoms with Crippen molar-refractivity contribution in [2.24, 2.45) is 17.1 Å². The van der Waals surface area contributed by atoms with Crippen molar-refractivity contribution in [3.63, 3.8) is 0 Å². The number of hydrogen-bond donors (Lipinski definition) is 1. The van der Waals surface area contributed by atoms with E-state index in [4.69, 9.17) is 10.7 Å². The van der Waals surface area contributed by atoms with Crippen molar-refractivity contribution in [3.8, 4) is 0 Å². The second-order valence-corrected chi connectivity index (χ2v) is 9.92. The van der Waals surface area contributed by atoms with Gasteiger partial charge in [0.15, 0.2) is 0 Å². The van der Waals surface area contributed by atoms with E-state index in [1.54, 1.807) is 0 Å². The van der Waals surface area contributed by atoms with E-state index in [0.717, 1.165) is 49.1 Å². The minimum Gasteiger partial charge on any atom is -0.355 e. The standard InChI is InChI=1S/C23H30N4S.CH4/c24-22-19-8-4-3-7-18(19)13-23(22)9-11-27(12-10-23)20-14-26-21(15-25-20)28-16-17-5-1-2-6-17;/h3-4,7-8,14-15,17,22H,1-2,5-6,9-13,16,24H2;1H4/t22-;/m1./s1. The number of nitrogens with two attached hydrogens (primary N) is 1. The highest BCUT2D eigenvalue weighted by molar-refractivity contribution is 7.99. The van der Waals surface area contributed by atoms with Crippen molar-refractivity contribution in [3.05, 3.63) is 47.8 Å². The van der Waals surface area contributed by atoms with E-state index in [1.807, 2.05) is 24.2 Å². The Labute approximate surface area is 179 Å². The third kappa shape index (κ3) is 4.04. The third-order valence-electron chi connectivity index (χ3n) is 7.23. The molecule has 1 aliphatic heterocycles. The Bertz CT molecular complexity index is 808. The van der Waals surface area contributed by atoms with Gasteiger partial charge in [-0.2, -0.15) is 0 Å². The van der Waals surface area contributed by atoms with Crippen LogP contribution in [0, 0.1) is 11.3 Å². The number of piperidine rings is 1. The molecule has 1 saturated heterocycles. The smallest absolute Gasteiger partial charge is 0.147 e. The zero-order valence-electron chi connectivity index (χ0n) is 16.5. The van der Waals surface area contributed by atoms with E-state index in [9.17, 15) is 0 Å². The topological polar surface area (TPSA) is 55.0 Å². The van der Waals surface area contributed by atoms with Gasteiger partial charge in [0.1, 0.15) is 10.8 Å². The number of anilines is 1. The molecule has 29 heavy (non-hydrogen) atoms. The van der Waals surface area contributed by atoms with E-state index >= 15 is 0 Å². The normalized spacial score (nSPS) is 23.2. The first-order valence-electron chi connectivity index (χ1n) is 10.8. The first kappa shape index (κ1) is 20.7. The summed E-state index contributed by atoms with van der Waals surface area (Å²) in [7, 11) is 0. The molecule has 0 bridgehead atoms. The van der Waals surface area contributed by atoms with Crippen LogP contribution >= 0.6 is 11.8 Å². The SMILES string of the molecule is C.N[C@@H]1c2ccccc2CC12CCN(c1cnc(SCC3CCCC3)cn1)CC2. The van der Waals surface area contributed by atoms with Crippen LogP contribution in [0.3, 0.4) is 0 Å². The Morgan fingerprint density at radius 2 is 1.83 bits per heavy atom. The van der Waals surface area contributed by atoms with Crippen molar-refractivity contribution in [2.75, 3.05) is 23.7 Å². The lowest BCUT2D eigenvalue weighted by Crippen LogP contribution is -2.44. The lowest BCUT2D eigenvalue weighted by atomic mass is 9.73. The fourth-order valence-corrected chi connectivity index (χ4v) is 6.41. The molecule has 1 atom stereocenters. The number of fused-ring (bicyclic) bond motifs is 1. The number of aromatic nitrogens is 2. The maximum atomic E-state index is 6.70. The van der Waals surface area contributed by atoms with Crippen molar-refractivity contribution in [1.82, 2.24) is 9.97 Å². The van der Waals surface area contributed by atoms with E-state index in [2.05, 4.69) is 34.1 Å². The molecular formula is C24H34N4S. The van der Waals surface area contributed by atoms with Crippen LogP contribution in [0.5, 0.6) is 0 Å². The quantitative estimate of drug-likeness (QED) is 0.699. The fraction of sp³-hybridized carbons (Fsp3) is 0.583. The van der Waals surface area contributed by atoms with Crippen LogP contribution < -0.4 is 10.6 Å². The lowest BCUT2D eigenvalue weighted by molar-refractivity contribution is 0.187. The summed E-state index contributed by atoms with van der Waals surface area (Å²) < 4.78 is 0. The Morgan fingerprint density at radius 1 is 1.07 bits per heavy atom. The van der Waals surface area contributed by atoms with Crippen molar-refractivity contribution in [1.29, 1.82) is 0 Å². The van der Waals surface area contributed by atoms with Crippen molar-refractivity contribution in [2.45, 2.75) is 63.4 Å². The van der Waals surface area contributed by atoms with Gasteiger partial charge in [-0.1, -0.05) is 44.5 Å². The number of nitrogens with zero attached hydrogens (tertiary/aromatic N) is 3. The van der Waals surface area contributed by atoms with Gasteiger partial charge in [0, 0.05) is 24.9 Å². The molecule has 1 saturated carbocycles. The zero-order chi connectivity index (χ0) is 19.0. The Kier molecular flexibility index (Phi) is 6.16. The van der Waals surface area contributed by atoms with Crippen LogP contribution in [0.4, 0.5) is 5.82 Å². The minimum atomic E-state index is 0. The minimum absolute atomic E-state index is 0. The second-order valence-electron chi connectivity index (χ2n) is 8.88. The maximum Gasteiger partial charge on any atom is 0.147 e. The lowest BCUT2D eigenvalue weighted by Gasteiger charge is -2.42. The molecule has 4 nitrogen and oxygen atoms in total. The third-order valence-corrected chi connectivity index (χ3v) is 8.38. The summed E-state index contributed by atoms with van der Waals surface area (Å²) in [6.07, 6.45) is 12.9. The van der Waals surface area contributed by atoms with Crippen LogP contribution in [0.2, 0.25) is 0 Å². The number of rotatable bonds is 4. The van der Waals surface area contributed by atoms with Gasteiger partial charge in [-0.25, -0.2) is 9.97 Å². The molecule has 0 radical (unpaired) electrons. The predicted molar refractivity (Wildman–Crippen MR) is 122 cm³/mol. The van der Waals surface area contributed by atoms with Crippen LogP contribution in [-0.2, 0) is 6.42 Å². The van der Waals surface area contributed by atoms with Gasteiger partial charge in [0.05, 0.1) is 12.4 Å². The monoisotopic (exact) mass is 410 g/mol. The van der Waals surface area contributed by atoms with Crippen molar-refractivity contribution >= 4 is 17.6 Å². The molecule has 3 aliphatic rings. The highest BCUT2D eigenvalue weighted by atomic mass is 32.2. The van der Waals surface area contributed by atoms with Crippen molar-refractivity contribution < 1.29 is 0 Å². The summed E-state index contributed by atoms with van der Waals surface area (Å²) in [5.74, 6) is 3.09. The number of hydrogen-bond acceptors (Lipinski definition) is 5. The van der Waals surface area contributed by atoms with Gasteiger partial charge in [-0.05, 0) is 54.6 Å². The summed E-state index contributed by atoms with van der Waals surface area (Å²) >= 11 is 1.87. The zero-order valence-corrected chi connectivity index (χ0v) is 17.3. The van der Waals surface area contributed by atoms with Gasteiger partial charge in [0.2, 0.25) is 0 Å². The highest BCUT2D eigenvalue weighted by Gasteiger charge is 2.45. The van der Waals surface area contributed by atoms with Crippen LogP contribution in [-0.4, -0.2) is 28.8 Å². The second kappa shape index (κ2) is 8.65. The first-order chi connectivity index (χ1) is 13.7. The largest absolute Gasteiger partial charge is 0.355 e. The van der Waals surface area contributed by atoms with E-state index in [-0.39, 0.29) is 18.9 Å². The van der Waals surface area contributed by atoms with E-state index in [0.29, 0.717) is 0 Å². The van der Waals surface area contributed by atoms with E-state index < -0.39 is 0 Å². The summed E-state index contributed by atoms with van der Waals surface area (Å²) in [6, 6.07) is 8.90. The maximum absolute atomic E-state index is 6.70.